The molecule has 0 atom stereocenters. The maximum Gasteiger partial charge on any atom is 0.146 e. The Labute approximate surface area is 88.3 Å². The van der Waals surface area contributed by atoms with E-state index in [1.807, 2.05) is 19.9 Å². The van der Waals surface area contributed by atoms with Crippen LogP contribution >= 0.6 is 0 Å². The summed E-state index contributed by atoms with van der Waals surface area (Å²) in [6.07, 6.45) is 1.79. The summed E-state index contributed by atoms with van der Waals surface area (Å²) in [6, 6.07) is 6.98. The van der Waals surface area contributed by atoms with Crippen molar-refractivity contribution in [2.75, 3.05) is 0 Å². The number of phenols is 1. The molecule has 15 heavy (non-hydrogen) atoms. The minimum absolute atomic E-state index is 0.0970. The average molecular weight is 203 g/mol. The van der Waals surface area contributed by atoms with Crippen LogP contribution in [0.25, 0.3) is 10.9 Å². The molecule has 0 aliphatic rings. The van der Waals surface area contributed by atoms with Crippen molar-refractivity contribution in [2.24, 2.45) is 0 Å². The fraction of sp³-hybridized carbons (Fsp3) is 0.250. The highest BCUT2D eigenvalue weighted by Crippen LogP contribution is 2.30. The Hall–Kier alpha value is -1.77. The van der Waals surface area contributed by atoms with Gasteiger partial charge in [-0.05, 0) is 38.1 Å². The van der Waals surface area contributed by atoms with Crippen molar-refractivity contribution < 1.29 is 9.84 Å². The van der Waals surface area contributed by atoms with Gasteiger partial charge in [-0.2, -0.15) is 0 Å². The van der Waals surface area contributed by atoms with Gasteiger partial charge in [-0.15, -0.1) is 0 Å². The predicted molar refractivity (Wildman–Crippen MR) is 59.2 cm³/mol. The molecule has 3 heteroatoms. The van der Waals surface area contributed by atoms with E-state index in [9.17, 15) is 5.11 Å². The van der Waals surface area contributed by atoms with Crippen molar-refractivity contribution in [3.05, 3.63) is 30.5 Å². The molecule has 0 radical (unpaired) electrons. The lowest BCUT2D eigenvalue weighted by Gasteiger charge is -2.11. The summed E-state index contributed by atoms with van der Waals surface area (Å²) >= 11 is 0. The van der Waals surface area contributed by atoms with Gasteiger partial charge < -0.3 is 9.84 Å². The lowest BCUT2D eigenvalue weighted by atomic mass is 10.2. The maximum atomic E-state index is 9.63. The summed E-state index contributed by atoms with van der Waals surface area (Å²) in [6.45, 7) is 3.92. The first kappa shape index (κ1) is 9.77. The molecule has 78 valence electrons. The average Bonchev–Trinajstić information content (AvgIpc) is 2.22. The number of hydrogen-bond donors (Lipinski definition) is 1. The van der Waals surface area contributed by atoms with E-state index in [2.05, 4.69) is 4.98 Å². The Balaban J connectivity index is 2.61. The molecule has 2 rings (SSSR count). The zero-order valence-electron chi connectivity index (χ0n) is 8.77. The highest BCUT2D eigenvalue weighted by atomic mass is 16.5. The molecule has 0 fully saturated rings. The summed E-state index contributed by atoms with van der Waals surface area (Å²) in [5, 5.41) is 10.4. The fourth-order valence-corrected chi connectivity index (χ4v) is 1.48. The van der Waals surface area contributed by atoms with Crippen molar-refractivity contribution in [2.45, 2.75) is 20.0 Å². The monoisotopic (exact) mass is 203 g/mol. The van der Waals surface area contributed by atoms with E-state index in [0.717, 1.165) is 5.39 Å². The Bertz CT molecular complexity index is 480. The quantitative estimate of drug-likeness (QED) is 0.816. The molecular weight excluding hydrogens is 190 g/mol. The fourth-order valence-electron chi connectivity index (χ4n) is 1.48. The molecule has 0 aliphatic heterocycles. The molecule has 0 aliphatic carbocycles. The van der Waals surface area contributed by atoms with Crippen molar-refractivity contribution in [3.8, 4) is 11.5 Å². The summed E-state index contributed by atoms with van der Waals surface area (Å²) in [7, 11) is 0. The SMILES string of the molecule is CC(C)Oc1ccc(O)c2cccnc12. The van der Waals surface area contributed by atoms with E-state index in [4.69, 9.17) is 4.74 Å². The Morgan fingerprint density at radius 3 is 2.80 bits per heavy atom. The van der Waals surface area contributed by atoms with E-state index in [1.54, 1.807) is 24.4 Å². The van der Waals surface area contributed by atoms with Gasteiger partial charge in [-0.1, -0.05) is 0 Å². The molecule has 1 N–H and O–H groups in total. The Kier molecular flexibility index (Phi) is 2.46. The van der Waals surface area contributed by atoms with Crippen LogP contribution in [0.4, 0.5) is 0 Å². The second-order valence-corrected chi connectivity index (χ2v) is 3.65. The van der Waals surface area contributed by atoms with Crippen LogP contribution in [0.5, 0.6) is 11.5 Å². The lowest BCUT2D eigenvalue weighted by Crippen LogP contribution is -2.06. The minimum atomic E-state index is 0.0970. The van der Waals surface area contributed by atoms with Gasteiger partial charge in [-0.3, -0.25) is 4.98 Å². The van der Waals surface area contributed by atoms with Crippen LogP contribution in [0.15, 0.2) is 30.5 Å². The summed E-state index contributed by atoms with van der Waals surface area (Å²) in [5.74, 6) is 0.938. The van der Waals surface area contributed by atoms with Gasteiger partial charge in [-0.25, -0.2) is 0 Å². The van der Waals surface area contributed by atoms with E-state index in [-0.39, 0.29) is 11.9 Å². The van der Waals surface area contributed by atoms with E-state index >= 15 is 0 Å². The van der Waals surface area contributed by atoms with Crippen molar-refractivity contribution in [3.63, 3.8) is 0 Å². The topological polar surface area (TPSA) is 42.4 Å². The number of phenolic OH excluding ortho intramolecular Hbond substituents is 1. The standard InChI is InChI=1S/C12H13NO2/c1-8(2)15-11-6-5-10(14)9-4-3-7-13-12(9)11/h3-8,14H,1-2H3. The second kappa shape index (κ2) is 3.77. The molecule has 0 saturated heterocycles. The van der Waals surface area contributed by atoms with E-state index in [1.165, 1.54) is 0 Å². The minimum Gasteiger partial charge on any atom is -0.507 e. The summed E-state index contributed by atoms with van der Waals surface area (Å²) in [5.41, 5.74) is 0.700. The van der Waals surface area contributed by atoms with Crippen LogP contribution in [0, 0.1) is 0 Å². The molecule has 1 heterocycles. The number of pyridine rings is 1. The smallest absolute Gasteiger partial charge is 0.146 e. The number of aromatic nitrogens is 1. The Morgan fingerprint density at radius 2 is 2.07 bits per heavy atom. The van der Waals surface area contributed by atoms with Crippen molar-refractivity contribution >= 4 is 10.9 Å². The molecule has 0 spiro atoms. The van der Waals surface area contributed by atoms with Gasteiger partial charge in [0.25, 0.3) is 0 Å². The first-order chi connectivity index (χ1) is 7.18. The molecule has 0 saturated carbocycles. The molecule has 0 unspecified atom stereocenters. The zero-order chi connectivity index (χ0) is 10.8. The normalized spacial score (nSPS) is 10.9. The van der Waals surface area contributed by atoms with Gasteiger partial charge in [0.05, 0.1) is 6.10 Å². The van der Waals surface area contributed by atoms with Crippen LogP contribution in [-0.2, 0) is 0 Å². The molecule has 3 nitrogen and oxygen atoms in total. The highest BCUT2D eigenvalue weighted by molar-refractivity contribution is 5.89. The molecule has 1 aromatic heterocycles. The number of aromatic hydroxyl groups is 1. The lowest BCUT2D eigenvalue weighted by molar-refractivity contribution is 0.245. The Morgan fingerprint density at radius 1 is 1.27 bits per heavy atom. The van der Waals surface area contributed by atoms with E-state index in [0.29, 0.717) is 11.3 Å². The van der Waals surface area contributed by atoms with Crippen LogP contribution in [0.3, 0.4) is 0 Å². The van der Waals surface area contributed by atoms with Gasteiger partial charge in [0.1, 0.15) is 17.0 Å². The number of ether oxygens (including phenoxy) is 1. The van der Waals surface area contributed by atoms with Gasteiger partial charge in [0, 0.05) is 11.6 Å². The molecule has 2 aromatic rings. The summed E-state index contributed by atoms with van der Waals surface area (Å²) < 4.78 is 5.61. The number of hydrogen-bond acceptors (Lipinski definition) is 3. The van der Waals surface area contributed by atoms with Gasteiger partial charge >= 0.3 is 0 Å². The number of fused-ring (bicyclic) bond motifs is 1. The van der Waals surface area contributed by atoms with Crippen LogP contribution in [0.1, 0.15) is 13.8 Å². The predicted octanol–water partition coefficient (Wildman–Crippen LogP) is 2.73. The van der Waals surface area contributed by atoms with Crippen molar-refractivity contribution in [1.82, 2.24) is 4.98 Å². The van der Waals surface area contributed by atoms with E-state index < -0.39 is 0 Å². The number of benzene rings is 1. The van der Waals surface area contributed by atoms with Crippen molar-refractivity contribution in [1.29, 1.82) is 0 Å². The zero-order valence-corrected chi connectivity index (χ0v) is 8.77. The first-order valence-electron chi connectivity index (χ1n) is 4.92. The maximum absolute atomic E-state index is 9.63. The molecule has 0 amide bonds. The van der Waals surface area contributed by atoms with Gasteiger partial charge in [0.15, 0.2) is 0 Å². The first-order valence-corrected chi connectivity index (χ1v) is 4.92. The number of rotatable bonds is 2. The summed E-state index contributed by atoms with van der Waals surface area (Å²) in [4.78, 5) is 4.21. The molecule has 1 aromatic carbocycles. The third-order valence-corrected chi connectivity index (χ3v) is 2.07. The van der Waals surface area contributed by atoms with Crippen LogP contribution in [0.2, 0.25) is 0 Å². The number of nitrogens with zero attached hydrogens (tertiary/aromatic N) is 1. The third-order valence-electron chi connectivity index (χ3n) is 2.07. The molecular formula is C12H13NO2. The van der Waals surface area contributed by atoms with Gasteiger partial charge in [0.2, 0.25) is 0 Å². The third kappa shape index (κ3) is 1.86. The van der Waals surface area contributed by atoms with Crippen LogP contribution in [-0.4, -0.2) is 16.2 Å². The highest BCUT2D eigenvalue weighted by Gasteiger charge is 2.07. The molecule has 0 bridgehead atoms. The largest absolute Gasteiger partial charge is 0.507 e. The van der Waals surface area contributed by atoms with Crippen LogP contribution < -0.4 is 4.74 Å². The second-order valence-electron chi connectivity index (χ2n) is 3.65.